The quantitative estimate of drug-likeness (QED) is 0.638. The number of amides is 1. The molecular weight excluding hydrogens is 316 g/mol. The monoisotopic (exact) mass is 332 g/mol. The maximum Gasteiger partial charge on any atom is 0.335 e. The van der Waals surface area contributed by atoms with Gasteiger partial charge in [0.25, 0.3) is 5.91 Å². The highest BCUT2D eigenvalue weighted by Crippen LogP contribution is 2.22. The van der Waals surface area contributed by atoms with E-state index in [4.69, 9.17) is 5.11 Å². The molecule has 24 heavy (non-hydrogen) atoms. The van der Waals surface area contributed by atoms with Gasteiger partial charge in [0.15, 0.2) is 0 Å². The molecular formula is C15H16N4O5. The molecule has 1 aromatic carbocycles. The molecule has 0 radical (unpaired) electrons. The van der Waals surface area contributed by atoms with Crippen LogP contribution >= 0.6 is 0 Å². The first-order chi connectivity index (χ1) is 11.1. The minimum atomic E-state index is -1.17. The normalized spacial score (nSPS) is 11.1. The summed E-state index contributed by atoms with van der Waals surface area (Å²) in [4.78, 5) is 33.6. The Morgan fingerprint density at radius 2 is 2.04 bits per heavy atom. The Balaban J connectivity index is 2.22. The lowest BCUT2D eigenvalue weighted by Gasteiger charge is -2.24. The van der Waals surface area contributed by atoms with Crippen LogP contribution in [0.4, 0.5) is 11.4 Å². The zero-order valence-electron chi connectivity index (χ0n) is 13.3. The number of hydrogen-bond donors (Lipinski definition) is 2. The van der Waals surface area contributed by atoms with E-state index >= 15 is 0 Å². The molecule has 0 aliphatic heterocycles. The second-order valence-corrected chi connectivity index (χ2v) is 5.75. The largest absolute Gasteiger partial charge is 0.478 e. The van der Waals surface area contributed by atoms with Gasteiger partial charge in [-0.15, -0.1) is 0 Å². The maximum atomic E-state index is 12.5. The predicted octanol–water partition coefficient (Wildman–Crippen LogP) is 2.17. The first kappa shape index (κ1) is 17.1. The molecule has 0 saturated heterocycles. The standard InChI is InChI=1S/C15H16N4O5/c1-9-6-10(4-5-12(9)13(20)21)17-14(22)15(2,3)18-8-11(7-16-18)19(23)24/h4-8H,1-3H3,(H,17,22)(H,20,21). The van der Waals surface area contributed by atoms with Crippen LogP contribution < -0.4 is 5.32 Å². The third-order valence-electron chi connectivity index (χ3n) is 3.62. The lowest BCUT2D eigenvalue weighted by Crippen LogP contribution is -2.40. The average Bonchev–Trinajstić information content (AvgIpc) is 2.97. The van der Waals surface area contributed by atoms with Crippen molar-refractivity contribution >= 4 is 23.3 Å². The molecule has 2 N–H and O–H groups in total. The average molecular weight is 332 g/mol. The van der Waals surface area contributed by atoms with Crippen molar-refractivity contribution in [3.8, 4) is 0 Å². The smallest absolute Gasteiger partial charge is 0.335 e. The van der Waals surface area contributed by atoms with E-state index in [9.17, 15) is 19.7 Å². The molecule has 0 fully saturated rings. The molecule has 0 bridgehead atoms. The summed E-state index contributed by atoms with van der Waals surface area (Å²) in [5, 5.41) is 26.3. The van der Waals surface area contributed by atoms with Crippen LogP contribution in [0.5, 0.6) is 0 Å². The second-order valence-electron chi connectivity index (χ2n) is 5.75. The van der Waals surface area contributed by atoms with Gasteiger partial charge >= 0.3 is 11.7 Å². The SMILES string of the molecule is Cc1cc(NC(=O)C(C)(C)n2cc([N+](=O)[O-])cn2)ccc1C(=O)O. The summed E-state index contributed by atoms with van der Waals surface area (Å²) in [6.07, 6.45) is 2.25. The van der Waals surface area contributed by atoms with Crippen molar-refractivity contribution in [2.45, 2.75) is 26.3 Å². The summed E-state index contributed by atoms with van der Waals surface area (Å²) in [5.74, 6) is -1.49. The van der Waals surface area contributed by atoms with Crippen LogP contribution in [0.1, 0.15) is 29.8 Å². The summed E-state index contributed by atoms with van der Waals surface area (Å²) in [7, 11) is 0. The van der Waals surface area contributed by atoms with E-state index in [1.165, 1.54) is 23.0 Å². The predicted molar refractivity (Wildman–Crippen MR) is 85.0 cm³/mol. The summed E-state index contributed by atoms with van der Waals surface area (Å²) in [6, 6.07) is 4.43. The van der Waals surface area contributed by atoms with E-state index in [0.717, 1.165) is 6.20 Å². The molecule has 9 nitrogen and oxygen atoms in total. The number of carbonyl (C=O) groups is 2. The molecule has 9 heteroatoms. The van der Waals surface area contributed by atoms with Crippen LogP contribution in [-0.4, -0.2) is 31.7 Å². The van der Waals surface area contributed by atoms with Crippen LogP contribution in [0.15, 0.2) is 30.6 Å². The molecule has 1 amide bonds. The van der Waals surface area contributed by atoms with Crippen molar-refractivity contribution in [3.05, 3.63) is 51.8 Å². The number of aromatic nitrogens is 2. The minimum absolute atomic E-state index is 0.148. The number of nitro groups is 1. The summed E-state index contributed by atoms with van der Waals surface area (Å²) >= 11 is 0. The fourth-order valence-electron chi connectivity index (χ4n) is 2.08. The Bertz CT molecular complexity index is 825. The lowest BCUT2D eigenvalue weighted by molar-refractivity contribution is -0.385. The molecule has 0 atom stereocenters. The van der Waals surface area contributed by atoms with Gasteiger partial charge in [-0.25, -0.2) is 4.79 Å². The highest BCUT2D eigenvalue weighted by Gasteiger charge is 2.32. The number of hydrogen-bond acceptors (Lipinski definition) is 5. The number of carboxylic acid groups (broad SMARTS) is 1. The zero-order valence-corrected chi connectivity index (χ0v) is 13.3. The molecule has 0 saturated carbocycles. The molecule has 0 aliphatic rings. The van der Waals surface area contributed by atoms with Crippen LogP contribution in [0, 0.1) is 17.0 Å². The molecule has 0 unspecified atom stereocenters. The molecule has 0 aliphatic carbocycles. The summed E-state index contributed by atoms with van der Waals surface area (Å²) < 4.78 is 1.21. The fraction of sp³-hybridized carbons (Fsp3) is 0.267. The minimum Gasteiger partial charge on any atom is -0.478 e. The highest BCUT2D eigenvalue weighted by atomic mass is 16.6. The first-order valence-corrected chi connectivity index (χ1v) is 6.98. The highest BCUT2D eigenvalue weighted by molar-refractivity contribution is 5.97. The van der Waals surface area contributed by atoms with Gasteiger partial charge in [0.1, 0.15) is 17.9 Å². The van der Waals surface area contributed by atoms with Crippen molar-refractivity contribution in [1.29, 1.82) is 0 Å². The van der Waals surface area contributed by atoms with E-state index in [0.29, 0.717) is 11.3 Å². The summed E-state index contributed by atoms with van der Waals surface area (Å²) in [6.45, 7) is 4.76. The number of aryl methyl sites for hydroxylation is 1. The van der Waals surface area contributed by atoms with Crippen molar-refractivity contribution in [2.75, 3.05) is 5.32 Å². The molecule has 2 rings (SSSR count). The number of aromatic carboxylic acids is 1. The van der Waals surface area contributed by atoms with Gasteiger partial charge in [-0.2, -0.15) is 5.10 Å². The van der Waals surface area contributed by atoms with Gasteiger partial charge in [-0.3, -0.25) is 19.6 Å². The topological polar surface area (TPSA) is 127 Å². The van der Waals surface area contributed by atoms with E-state index < -0.39 is 22.3 Å². The third kappa shape index (κ3) is 3.24. The number of anilines is 1. The van der Waals surface area contributed by atoms with Crippen LogP contribution in [0.2, 0.25) is 0 Å². The number of benzene rings is 1. The summed E-state index contributed by atoms with van der Waals surface area (Å²) in [5.41, 5.74) is -0.300. The number of nitrogens with one attached hydrogen (secondary N) is 1. The van der Waals surface area contributed by atoms with Crippen molar-refractivity contribution < 1.29 is 19.6 Å². The van der Waals surface area contributed by atoms with Crippen LogP contribution in [0.25, 0.3) is 0 Å². The van der Waals surface area contributed by atoms with Gasteiger partial charge in [-0.1, -0.05) is 0 Å². The Hall–Kier alpha value is -3.23. The maximum absolute atomic E-state index is 12.5. The van der Waals surface area contributed by atoms with Crippen molar-refractivity contribution in [2.24, 2.45) is 0 Å². The molecule has 126 valence electrons. The van der Waals surface area contributed by atoms with Gasteiger partial charge in [0.2, 0.25) is 0 Å². The molecule has 2 aromatic rings. The number of carbonyl (C=O) groups excluding carboxylic acids is 1. The molecule has 1 heterocycles. The van der Waals surface area contributed by atoms with Crippen molar-refractivity contribution in [3.63, 3.8) is 0 Å². The number of nitrogens with zero attached hydrogens (tertiary/aromatic N) is 3. The Labute approximate surface area is 137 Å². The number of rotatable bonds is 5. The van der Waals surface area contributed by atoms with Crippen LogP contribution in [0.3, 0.4) is 0 Å². The Kier molecular flexibility index (Phi) is 4.36. The first-order valence-electron chi connectivity index (χ1n) is 6.98. The van der Waals surface area contributed by atoms with Crippen LogP contribution in [-0.2, 0) is 10.3 Å². The van der Waals surface area contributed by atoms with Gasteiger partial charge < -0.3 is 10.4 Å². The van der Waals surface area contributed by atoms with Crippen molar-refractivity contribution in [1.82, 2.24) is 9.78 Å². The van der Waals surface area contributed by atoms with E-state index in [1.807, 2.05) is 0 Å². The van der Waals surface area contributed by atoms with E-state index in [1.54, 1.807) is 26.8 Å². The third-order valence-corrected chi connectivity index (χ3v) is 3.62. The molecule has 1 aromatic heterocycles. The Morgan fingerprint density at radius 3 is 2.54 bits per heavy atom. The van der Waals surface area contributed by atoms with Gasteiger partial charge in [-0.05, 0) is 44.5 Å². The second kappa shape index (κ2) is 6.11. The van der Waals surface area contributed by atoms with E-state index in [2.05, 4.69) is 10.4 Å². The van der Waals surface area contributed by atoms with Gasteiger partial charge in [0.05, 0.1) is 10.5 Å². The fourth-order valence-corrected chi connectivity index (χ4v) is 2.08. The lowest BCUT2D eigenvalue weighted by atomic mass is 10.0. The zero-order chi connectivity index (χ0) is 18.1. The number of carboxylic acids is 1. The van der Waals surface area contributed by atoms with E-state index in [-0.39, 0.29) is 11.3 Å². The Morgan fingerprint density at radius 1 is 1.38 bits per heavy atom. The molecule has 0 spiro atoms. The van der Waals surface area contributed by atoms with Gasteiger partial charge in [0, 0.05) is 5.69 Å².